The predicted molar refractivity (Wildman–Crippen MR) is 135 cm³/mol. The first-order valence-corrected chi connectivity index (χ1v) is 12.6. The van der Waals surface area contributed by atoms with Gasteiger partial charge in [-0.15, -0.1) is 0 Å². The fourth-order valence-corrected chi connectivity index (χ4v) is 4.82. The first-order valence-electron chi connectivity index (χ1n) is 11.4. The van der Waals surface area contributed by atoms with Crippen molar-refractivity contribution in [3.63, 3.8) is 0 Å². The molecular formula is C24H33NO6S2. The molecule has 7 nitrogen and oxygen atoms in total. The summed E-state index contributed by atoms with van der Waals surface area (Å²) in [7, 11) is 0. The number of carboxylic acids is 1. The van der Waals surface area contributed by atoms with Crippen molar-refractivity contribution in [1.82, 2.24) is 4.90 Å². The molecule has 1 saturated heterocycles. The molecule has 1 aromatic rings. The van der Waals surface area contributed by atoms with Crippen LogP contribution in [0.2, 0.25) is 0 Å². The van der Waals surface area contributed by atoms with Crippen LogP contribution in [0, 0.1) is 0 Å². The SMILES string of the molecule is CCCCCCCC(C)Oc1ccc(/C=C2/SC(=S)N(C(CO)C(=O)O)C2=O)cc1OCC. The van der Waals surface area contributed by atoms with Gasteiger partial charge < -0.3 is 19.7 Å². The number of hydrogen-bond acceptors (Lipinski definition) is 7. The van der Waals surface area contributed by atoms with Gasteiger partial charge in [0.2, 0.25) is 0 Å². The molecule has 1 amide bonds. The Bertz CT molecular complexity index is 873. The highest BCUT2D eigenvalue weighted by atomic mass is 32.2. The highest BCUT2D eigenvalue weighted by Crippen LogP contribution is 2.36. The number of aliphatic carboxylic acids is 1. The first-order chi connectivity index (χ1) is 15.8. The highest BCUT2D eigenvalue weighted by Gasteiger charge is 2.40. The van der Waals surface area contributed by atoms with Crippen molar-refractivity contribution in [1.29, 1.82) is 0 Å². The monoisotopic (exact) mass is 495 g/mol. The number of unbranched alkanes of at least 4 members (excludes halogenated alkanes) is 4. The molecule has 1 aliphatic heterocycles. The lowest BCUT2D eigenvalue weighted by Crippen LogP contribution is -2.46. The van der Waals surface area contributed by atoms with Crippen LogP contribution in [-0.2, 0) is 9.59 Å². The minimum atomic E-state index is -1.40. The number of carbonyl (C=O) groups is 2. The minimum Gasteiger partial charge on any atom is -0.490 e. The van der Waals surface area contributed by atoms with Crippen molar-refractivity contribution in [2.75, 3.05) is 13.2 Å². The molecule has 1 heterocycles. The molecule has 0 spiro atoms. The quantitative estimate of drug-likeness (QED) is 0.215. The van der Waals surface area contributed by atoms with Gasteiger partial charge in [0.1, 0.15) is 4.32 Å². The van der Waals surface area contributed by atoms with Crippen molar-refractivity contribution >= 4 is 46.3 Å². The molecule has 2 unspecified atom stereocenters. The van der Waals surface area contributed by atoms with Crippen LogP contribution in [0.3, 0.4) is 0 Å². The van der Waals surface area contributed by atoms with Crippen LogP contribution >= 0.6 is 24.0 Å². The summed E-state index contributed by atoms with van der Waals surface area (Å²) in [4.78, 5) is 25.3. The van der Waals surface area contributed by atoms with Crippen molar-refractivity contribution in [3.05, 3.63) is 28.7 Å². The van der Waals surface area contributed by atoms with Gasteiger partial charge in [0, 0.05) is 0 Å². The van der Waals surface area contributed by atoms with Gasteiger partial charge in [0.25, 0.3) is 5.91 Å². The Labute approximate surface area is 205 Å². The molecular weight excluding hydrogens is 462 g/mol. The van der Waals surface area contributed by atoms with Gasteiger partial charge in [0.05, 0.1) is 24.2 Å². The number of aliphatic hydroxyl groups excluding tert-OH is 1. The van der Waals surface area contributed by atoms with E-state index in [4.69, 9.17) is 21.7 Å². The molecule has 1 aromatic carbocycles. The summed E-state index contributed by atoms with van der Waals surface area (Å²) in [6.45, 7) is 5.89. The molecule has 1 fully saturated rings. The fraction of sp³-hybridized carbons (Fsp3) is 0.542. The molecule has 0 aromatic heterocycles. The summed E-state index contributed by atoms with van der Waals surface area (Å²) in [6, 6.07) is 4.03. The molecule has 0 bridgehead atoms. The van der Waals surface area contributed by atoms with Gasteiger partial charge in [-0.2, -0.15) is 0 Å². The Morgan fingerprint density at radius 3 is 2.58 bits per heavy atom. The lowest BCUT2D eigenvalue weighted by atomic mass is 10.1. The lowest BCUT2D eigenvalue weighted by molar-refractivity contribution is -0.146. The summed E-state index contributed by atoms with van der Waals surface area (Å²) in [5.41, 5.74) is 0.703. The van der Waals surface area contributed by atoms with Crippen molar-refractivity contribution in [3.8, 4) is 11.5 Å². The van der Waals surface area contributed by atoms with Gasteiger partial charge in [-0.3, -0.25) is 9.69 Å². The van der Waals surface area contributed by atoms with Crippen molar-refractivity contribution in [2.24, 2.45) is 0 Å². The number of rotatable bonds is 14. The number of thiocarbonyl (C=S) groups is 1. The maximum absolute atomic E-state index is 12.7. The largest absolute Gasteiger partial charge is 0.490 e. The molecule has 0 saturated carbocycles. The zero-order valence-corrected chi connectivity index (χ0v) is 21.0. The molecule has 33 heavy (non-hydrogen) atoms. The van der Waals surface area contributed by atoms with E-state index in [1.807, 2.05) is 19.1 Å². The molecule has 2 atom stereocenters. The van der Waals surface area contributed by atoms with Crippen molar-refractivity contribution in [2.45, 2.75) is 71.4 Å². The maximum Gasteiger partial charge on any atom is 0.329 e. The zero-order valence-electron chi connectivity index (χ0n) is 19.4. The van der Waals surface area contributed by atoms with Crippen molar-refractivity contribution < 1.29 is 29.3 Å². The number of benzene rings is 1. The third-order valence-electron chi connectivity index (χ3n) is 5.20. The van der Waals surface area contributed by atoms with Gasteiger partial charge >= 0.3 is 5.97 Å². The summed E-state index contributed by atoms with van der Waals surface area (Å²) in [6.07, 6.45) is 8.72. The number of amides is 1. The number of thioether (sulfide) groups is 1. The fourth-order valence-electron chi connectivity index (χ4n) is 3.46. The molecule has 2 N–H and O–H groups in total. The van der Waals surface area contributed by atoms with Gasteiger partial charge in [-0.05, 0) is 50.5 Å². The van der Waals surface area contributed by atoms with Crippen LogP contribution in [0.1, 0.15) is 64.9 Å². The number of hydrogen-bond donors (Lipinski definition) is 2. The summed E-state index contributed by atoms with van der Waals surface area (Å²) < 4.78 is 12.0. The van der Waals surface area contributed by atoms with E-state index in [1.54, 1.807) is 12.1 Å². The first kappa shape index (κ1) is 27.1. The lowest BCUT2D eigenvalue weighted by Gasteiger charge is -2.20. The molecule has 9 heteroatoms. The third-order valence-corrected chi connectivity index (χ3v) is 6.53. The van der Waals surface area contributed by atoms with Gasteiger partial charge in [-0.1, -0.05) is 62.7 Å². The van der Waals surface area contributed by atoms with E-state index in [-0.39, 0.29) is 15.3 Å². The average molecular weight is 496 g/mol. The van der Waals surface area contributed by atoms with E-state index < -0.39 is 24.5 Å². The van der Waals surface area contributed by atoms with E-state index in [0.717, 1.165) is 29.5 Å². The number of ether oxygens (including phenoxy) is 2. The Balaban J connectivity index is 2.13. The topological polar surface area (TPSA) is 96.3 Å². The Morgan fingerprint density at radius 1 is 1.21 bits per heavy atom. The van der Waals surface area contributed by atoms with Crippen LogP contribution in [0.25, 0.3) is 6.08 Å². The Hall–Kier alpha value is -2.10. The standard InChI is InChI=1S/C24H33NO6S2/c1-4-6-7-8-9-10-16(3)31-19-12-11-17(13-20(19)30-5-2)14-21-22(27)25(24(32)33-21)18(15-26)23(28)29/h11-14,16,18,26H,4-10,15H2,1-3H3,(H,28,29)/b21-14+. The smallest absolute Gasteiger partial charge is 0.329 e. The highest BCUT2D eigenvalue weighted by molar-refractivity contribution is 8.26. The van der Waals surface area contributed by atoms with Crippen LogP contribution in [0.15, 0.2) is 23.1 Å². The van der Waals surface area contributed by atoms with Crippen LogP contribution in [0.5, 0.6) is 11.5 Å². The zero-order chi connectivity index (χ0) is 24.4. The number of nitrogens with zero attached hydrogens (tertiary/aromatic N) is 1. The summed E-state index contributed by atoms with van der Waals surface area (Å²) >= 11 is 6.18. The van der Waals surface area contributed by atoms with E-state index in [9.17, 15) is 19.8 Å². The number of carboxylic acid groups (broad SMARTS) is 1. The summed E-state index contributed by atoms with van der Waals surface area (Å²) in [5, 5.41) is 18.6. The van der Waals surface area contributed by atoms with E-state index in [0.29, 0.717) is 23.7 Å². The predicted octanol–water partition coefficient (Wildman–Crippen LogP) is 4.86. The van der Waals surface area contributed by atoms with Gasteiger partial charge in [0.15, 0.2) is 17.5 Å². The van der Waals surface area contributed by atoms with E-state index in [1.165, 1.54) is 25.7 Å². The second-order valence-corrected chi connectivity index (χ2v) is 9.53. The second-order valence-electron chi connectivity index (χ2n) is 7.86. The van der Waals surface area contributed by atoms with Crippen LogP contribution in [0.4, 0.5) is 0 Å². The number of carbonyl (C=O) groups excluding carboxylic acids is 1. The molecule has 1 aliphatic rings. The Kier molecular flexibility index (Phi) is 11.2. The molecule has 0 aliphatic carbocycles. The average Bonchev–Trinajstić information content (AvgIpc) is 3.03. The van der Waals surface area contributed by atoms with Crippen LogP contribution < -0.4 is 9.47 Å². The number of aliphatic hydroxyl groups is 1. The minimum absolute atomic E-state index is 0.0550. The summed E-state index contributed by atoms with van der Waals surface area (Å²) in [5.74, 6) is -0.622. The third kappa shape index (κ3) is 7.72. The maximum atomic E-state index is 12.7. The van der Waals surface area contributed by atoms with Gasteiger partial charge in [-0.25, -0.2) is 4.79 Å². The van der Waals surface area contributed by atoms with E-state index >= 15 is 0 Å². The van der Waals surface area contributed by atoms with E-state index in [2.05, 4.69) is 13.8 Å². The molecule has 0 radical (unpaired) electrons. The van der Waals surface area contributed by atoms with Crippen LogP contribution in [-0.4, -0.2) is 56.7 Å². The molecule has 182 valence electrons. The normalized spacial score (nSPS) is 16.8. The Morgan fingerprint density at radius 2 is 1.94 bits per heavy atom. The second kappa shape index (κ2) is 13.6. The molecule has 2 rings (SSSR count).